The van der Waals surface area contributed by atoms with Gasteiger partial charge in [0.15, 0.2) is 6.29 Å². The molecule has 1 fully saturated rings. The van der Waals surface area contributed by atoms with Crippen molar-refractivity contribution in [2.45, 2.75) is 108 Å². The first-order valence-corrected chi connectivity index (χ1v) is 22.4. The Balaban J connectivity index is 1.19. The second-order valence-electron chi connectivity index (χ2n) is 16.6. The lowest BCUT2D eigenvalue weighted by Crippen LogP contribution is -2.64. The highest BCUT2D eigenvalue weighted by Crippen LogP contribution is 2.33. The second kappa shape index (κ2) is 24.9. The van der Waals surface area contributed by atoms with Gasteiger partial charge in [0.2, 0.25) is 0 Å². The summed E-state index contributed by atoms with van der Waals surface area (Å²) in [6, 6.07) is 60.6. The fourth-order valence-electron chi connectivity index (χ4n) is 7.90. The third-order valence-electron chi connectivity index (χ3n) is 11.4. The average Bonchev–Trinajstić information content (AvgIpc) is 3.34. The van der Waals surface area contributed by atoms with Gasteiger partial charge in [-0.15, -0.1) is 0 Å². The van der Waals surface area contributed by atoms with Gasteiger partial charge < -0.3 is 43.6 Å². The second-order valence-corrected chi connectivity index (χ2v) is 16.6. The fourth-order valence-corrected chi connectivity index (χ4v) is 7.90. The molecule has 0 aromatic heterocycles. The number of ether oxygens (including phenoxy) is 8. The van der Waals surface area contributed by atoms with E-state index in [9.17, 15) is 0 Å². The van der Waals surface area contributed by atoms with E-state index >= 15 is 0 Å². The monoisotopic (exact) mass is 865 g/mol. The molecule has 64 heavy (non-hydrogen) atoms. The van der Waals surface area contributed by atoms with Crippen LogP contribution in [0.4, 0.5) is 0 Å². The number of hydrogen-bond donors (Lipinski definition) is 1. The lowest BCUT2D eigenvalue weighted by molar-refractivity contribution is -0.331. The molecule has 1 aliphatic rings. The van der Waals surface area contributed by atoms with Crippen molar-refractivity contribution in [3.63, 3.8) is 0 Å². The summed E-state index contributed by atoms with van der Waals surface area (Å²) in [5.74, 6) is 0. The van der Waals surface area contributed by atoms with Crippen LogP contribution in [-0.2, 0) is 77.5 Å². The van der Waals surface area contributed by atoms with Crippen molar-refractivity contribution >= 4 is 0 Å². The summed E-state index contributed by atoms with van der Waals surface area (Å²) in [4.78, 5) is 0. The summed E-state index contributed by atoms with van der Waals surface area (Å²) in [5, 5.41) is 0. The third kappa shape index (κ3) is 14.2. The Morgan fingerprint density at radius 3 is 1.28 bits per heavy atom. The Morgan fingerprint density at radius 2 is 0.844 bits per heavy atom. The molecule has 0 bridgehead atoms. The standard InChI is InChI=1S/C55H63NO8/c1-3-48(58-35-43-24-12-5-13-25-43)53(62-39-47-32-20-9-21-33-47)55(2,56)41-63-54-52(61-38-46-30-18-8-19-31-46)51(60-37-45-28-16-7-17-29-45)50(59-36-44-26-14-6-15-27-44)49(64-54)40-57-34-42-22-10-4-11-23-42/h4-33,48-54H,3,34-41,56H2,1-2H3/t48-,49-,50+,51+,52-,53-,54+,55-/m1/s1. The van der Waals surface area contributed by atoms with Crippen molar-refractivity contribution in [1.29, 1.82) is 0 Å². The van der Waals surface area contributed by atoms with E-state index in [0.717, 1.165) is 33.4 Å². The molecule has 1 heterocycles. The molecule has 9 heteroatoms. The van der Waals surface area contributed by atoms with E-state index in [-0.39, 0.29) is 25.9 Å². The Bertz CT molecular complexity index is 2150. The van der Waals surface area contributed by atoms with Crippen LogP contribution in [0.3, 0.4) is 0 Å². The molecule has 1 saturated heterocycles. The van der Waals surface area contributed by atoms with Gasteiger partial charge >= 0.3 is 0 Å². The van der Waals surface area contributed by atoms with Crippen LogP contribution in [0, 0.1) is 0 Å². The highest BCUT2D eigenvalue weighted by atomic mass is 16.7. The lowest BCUT2D eigenvalue weighted by Gasteiger charge is -2.47. The van der Waals surface area contributed by atoms with Crippen LogP contribution in [0.1, 0.15) is 53.6 Å². The molecule has 7 rings (SSSR count). The first kappa shape index (κ1) is 46.9. The number of rotatable bonds is 25. The molecule has 6 aromatic rings. The van der Waals surface area contributed by atoms with Crippen LogP contribution in [0.2, 0.25) is 0 Å². The summed E-state index contributed by atoms with van der Waals surface area (Å²) in [7, 11) is 0. The Hall–Kier alpha value is -5.04. The van der Waals surface area contributed by atoms with Gasteiger partial charge in [-0.3, -0.25) is 0 Å². The molecule has 0 amide bonds. The zero-order chi connectivity index (χ0) is 44.2. The summed E-state index contributed by atoms with van der Waals surface area (Å²) >= 11 is 0. The zero-order valence-electron chi connectivity index (χ0n) is 37.1. The maximum absolute atomic E-state index is 7.38. The van der Waals surface area contributed by atoms with E-state index in [4.69, 9.17) is 43.6 Å². The fraction of sp³-hybridized carbons (Fsp3) is 0.345. The lowest BCUT2D eigenvalue weighted by atomic mass is 9.90. The largest absolute Gasteiger partial charge is 0.374 e. The molecule has 9 nitrogen and oxygen atoms in total. The van der Waals surface area contributed by atoms with Gasteiger partial charge in [-0.05, 0) is 46.7 Å². The molecule has 1 aliphatic heterocycles. The minimum atomic E-state index is -1.06. The van der Waals surface area contributed by atoms with Crippen molar-refractivity contribution < 1.29 is 37.9 Å². The minimum absolute atomic E-state index is 0.0477. The molecule has 6 aromatic carbocycles. The molecule has 0 saturated carbocycles. The molecule has 0 radical (unpaired) electrons. The van der Waals surface area contributed by atoms with Crippen LogP contribution in [0.5, 0.6) is 0 Å². The molecular formula is C55H63NO8. The maximum Gasteiger partial charge on any atom is 0.187 e. The van der Waals surface area contributed by atoms with Crippen LogP contribution in [0.15, 0.2) is 182 Å². The third-order valence-corrected chi connectivity index (χ3v) is 11.4. The molecule has 2 N–H and O–H groups in total. The van der Waals surface area contributed by atoms with Crippen LogP contribution in [-0.4, -0.2) is 61.7 Å². The van der Waals surface area contributed by atoms with Gasteiger partial charge in [0, 0.05) is 0 Å². The van der Waals surface area contributed by atoms with Crippen molar-refractivity contribution in [1.82, 2.24) is 0 Å². The average molecular weight is 866 g/mol. The number of nitrogens with two attached hydrogens (primary N) is 1. The molecule has 0 unspecified atom stereocenters. The number of benzene rings is 6. The topological polar surface area (TPSA) is 99.9 Å². The SMILES string of the molecule is CC[C@@H](OCc1ccccc1)[C@@H](OCc1ccccc1)[C@](C)(N)CO[C@H]1O[C@H](COCc2ccccc2)[C@H](OCc2ccccc2)[C@H](OCc2ccccc2)[C@H]1OCc1ccccc1. The quantitative estimate of drug-likeness (QED) is 0.0603. The van der Waals surface area contributed by atoms with Crippen LogP contribution >= 0.6 is 0 Å². The summed E-state index contributed by atoms with van der Waals surface area (Å²) in [6.07, 6.45) is -3.80. The predicted molar refractivity (Wildman–Crippen MR) is 249 cm³/mol. The minimum Gasteiger partial charge on any atom is -0.374 e. The van der Waals surface area contributed by atoms with Crippen molar-refractivity contribution in [2.24, 2.45) is 5.73 Å². The Morgan fingerprint density at radius 1 is 0.469 bits per heavy atom. The van der Waals surface area contributed by atoms with Crippen LogP contribution in [0.25, 0.3) is 0 Å². The van der Waals surface area contributed by atoms with Gasteiger partial charge in [-0.25, -0.2) is 0 Å². The van der Waals surface area contributed by atoms with Crippen molar-refractivity contribution in [3.8, 4) is 0 Å². The van der Waals surface area contributed by atoms with Gasteiger partial charge in [0.1, 0.15) is 30.5 Å². The van der Waals surface area contributed by atoms with Crippen LogP contribution < -0.4 is 5.73 Å². The summed E-state index contributed by atoms with van der Waals surface area (Å²) < 4.78 is 54.4. The van der Waals surface area contributed by atoms with E-state index in [1.807, 2.05) is 177 Å². The smallest absolute Gasteiger partial charge is 0.187 e. The van der Waals surface area contributed by atoms with Gasteiger partial charge in [-0.2, -0.15) is 0 Å². The molecule has 0 aliphatic carbocycles. The van der Waals surface area contributed by atoms with E-state index in [1.54, 1.807) is 0 Å². The Kier molecular flexibility index (Phi) is 18.2. The maximum atomic E-state index is 7.38. The zero-order valence-corrected chi connectivity index (χ0v) is 37.1. The van der Waals surface area contributed by atoms with E-state index in [1.165, 1.54) is 0 Å². The van der Waals surface area contributed by atoms with E-state index in [0.29, 0.717) is 39.5 Å². The molecular weight excluding hydrogens is 803 g/mol. The van der Waals surface area contributed by atoms with Gasteiger partial charge in [-0.1, -0.05) is 189 Å². The highest BCUT2D eigenvalue weighted by Gasteiger charge is 2.50. The van der Waals surface area contributed by atoms with Gasteiger partial charge in [0.05, 0.1) is 64.5 Å². The van der Waals surface area contributed by atoms with E-state index < -0.39 is 42.3 Å². The summed E-state index contributed by atoms with van der Waals surface area (Å²) in [5.41, 5.74) is 12.5. The molecule has 8 atom stereocenters. The predicted octanol–water partition coefficient (Wildman–Crippen LogP) is 10.00. The Labute approximate surface area is 379 Å². The molecule has 0 spiro atoms. The molecule has 336 valence electrons. The summed E-state index contributed by atoms with van der Waals surface area (Å²) in [6.45, 7) is 6.38. The normalized spacial score (nSPS) is 20.6. The van der Waals surface area contributed by atoms with Gasteiger partial charge in [0.25, 0.3) is 0 Å². The first-order valence-electron chi connectivity index (χ1n) is 22.4. The van der Waals surface area contributed by atoms with Crippen molar-refractivity contribution in [2.75, 3.05) is 13.2 Å². The van der Waals surface area contributed by atoms with E-state index in [2.05, 4.69) is 19.1 Å². The number of hydrogen-bond acceptors (Lipinski definition) is 9. The highest BCUT2D eigenvalue weighted by molar-refractivity contribution is 5.18. The first-order chi connectivity index (χ1) is 31.4. The van der Waals surface area contributed by atoms with Crippen molar-refractivity contribution in [3.05, 3.63) is 215 Å².